The molecule has 1 unspecified atom stereocenters. The predicted molar refractivity (Wildman–Crippen MR) is 85.1 cm³/mol. The number of rotatable bonds is 5. The minimum Gasteiger partial charge on any atom is -0.377 e. The maximum absolute atomic E-state index is 3.64. The minimum atomic E-state index is 0.348. The smallest absolute Gasteiger partial charge is 0.0654 e. The topological polar surface area (TPSA) is 12.0 Å². The van der Waals surface area contributed by atoms with E-state index in [2.05, 4.69) is 64.6 Å². The van der Waals surface area contributed by atoms with Crippen LogP contribution < -0.4 is 5.32 Å². The van der Waals surface area contributed by atoms with E-state index < -0.39 is 0 Å². The van der Waals surface area contributed by atoms with Crippen molar-refractivity contribution < 1.29 is 0 Å². The molecule has 2 heterocycles. The fraction of sp³-hybridized carbons (Fsp3) is 0.125. The molecule has 96 valence electrons. The highest BCUT2D eigenvalue weighted by molar-refractivity contribution is 7.10. The molecule has 0 bridgehead atoms. The Balaban J connectivity index is 1.80. The van der Waals surface area contributed by atoms with Crippen molar-refractivity contribution in [2.45, 2.75) is 12.5 Å². The molecule has 1 aromatic carbocycles. The molecule has 0 amide bonds. The number of thiophene rings is 2. The second-order valence-corrected chi connectivity index (χ2v) is 6.37. The van der Waals surface area contributed by atoms with Crippen molar-refractivity contribution in [3.05, 3.63) is 75.1 Å². The predicted octanol–water partition coefficient (Wildman–Crippen LogP) is 5.21. The Bertz CT molecular complexity index is 585. The molecule has 1 atom stereocenters. The SMILES string of the molecule is c1ccc(NC(Cc2cccs2)c2cccs2)cc1. The van der Waals surface area contributed by atoms with Crippen LogP contribution in [0.5, 0.6) is 0 Å². The normalized spacial score (nSPS) is 12.2. The quantitative estimate of drug-likeness (QED) is 0.679. The highest BCUT2D eigenvalue weighted by atomic mass is 32.1. The minimum absolute atomic E-state index is 0.348. The van der Waals surface area contributed by atoms with Crippen molar-refractivity contribution in [2.24, 2.45) is 0 Å². The van der Waals surface area contributed by atoms with Gasteiger partial charge in [-0.1, -0.05) is 30.3 Å². The van der Waals surface area contributed by atoms with E-state index in [-0.39, 0.29) is 0 Å². The summed E-state index contributed by atoms with van der Waals surface area (Å²) in [6.07, 6.45) is 1.03. The van der Waals surface area contributed by atoms with E-state index in [1.807, 2.05) is 28.7 Å². The van der Waals surface area contributed by atoms with Gasteiger partial charge >= 0.3 is 0 Å². The summed E-state index contributed by atoms with van der Waals surface area (Å²) in [5.74, 6) is 0. The summed E-state index contributed by atoms with van der Waals surface area (Å²) in [6, 6.07) is 19.4. The zero-order valence-corrected chi connectivity index (χ0v) is 12.1. The van der Waals surface area contributed by atoms with Crippen LogP contribution in [0.15, 0.2) is 65.4 Å². The van der Waals surface area contributed by atoms with Crippen molar-refractivity contribution >= 4 is 28.4 Å². The molecule has 0 aliphatic carbocycles. The lowest BCUT2D eigenvalue weighted by atomic mass is 10.1. The van der Waals surface area contributed by atoms with Gasteiger partial charge in [-0.2, -0.15) is 0 Å². The zero-order chi connectivity index (χ0) is 12.9. The number of benzene rings is 1. The second-order valence-electron chi connectivity index (χ2n) is 4.36. The van der Waals surface area contributed by atoms with Crippen molar-refractivity contribution in [1.82, 2.24) is 0 Å². The molecule has 0 saturated heterocycles. The Hall–Kier alpha value is -1.58. The van der Waals surface area contributed by atoms with E-state index >= 15 is 0 Å². The fourth-order valence-corrected chi connectivity index (χ4v) is 3.61. The Kier molecular flexibility index (Phi) is 3.96. The molecule has 1 N–H and O–H groups in total. The largest absolute Gasteiger partial charge is 0.377 e. The van der Waals surface area contributed by atoms with Crippen LogP contribution in [0, 0.1) is 0 Å². The fourth-order valence-electron chi connectivity index (χ4n) is 2.08. The highest BCUT2D eigenvalue weighted by Crippen LogP contribution is 2.28. The summed E-state index contributed by atoms with van der Waals surface area (Å²) in [4.78, 5) is 2.80. The van der Waals surface area contributed by atoms with E-state index in [1.54, 1.807) is 0 Å². The molecular formula is C16H15NS2. The average Bonchev–Trinajstić information content (AvgIpc) is 3.12. The summed E-state index contributed by atoms with van der Waals surface area (Å²) in [5, 5.41) is 7.92. The number of hydrogen-bond acceptors (Lipinski definition) is 3. The molecule has 3 aromatic rings. The van der Waals surface area contributed by atoms with Gasteiger partial charge < -0.3 is 5.32 Å². The van der Waals surface area contributed by atoms with Gasteiger partial charge in [-0.15, -0.1) is 22.7 Å². The van der Waals surface area contributed by atoms with Crippen molar-refractivity contribution in [3.8, 4) is 0 Å². The van der Waals surface area contributed by atoms with Crippen molar-refractivity contribution in [2.75, 3.05) is 5.32 Å². The highest BCUT2D eigenvalue weighted by Gasteiger charge is 2.13. The van der Waals surface area contributed by atoms with Gasteiger partial charge in [0.1, 0.15) is 0 Å². The third-order valence-electron chi connectivity index (χ3n) is 2.99. The molecule has 0 aliphatic rings. The number of nitrogens with one attached hydrogen (secondary N) is 1. The van der Waals surface area contributed by atoms with Crippen LogP contribution in [0.2, 0.25) is 0 Å². The summed E-state index contributed by atoms with van der Waals surface area (Å²) in [6.45, 7) is 0. The van der Waals surface area contributed by atoms with E-state index in [1.165, 1.54) is 15.4 Å². The number of anilines is 1. The first-order valence-corrected chi connectivity index (χ1v) is 8.05. The summed E-state index contributed by atoms with van der Waals surface area (Å²) in [5.41, 5.74) is 1.18. The first-order chi connectivity index (χ1) is 9.42. The van der Waals surface area contributed by atoms with Crippen LogP contribution >= 0.6 is 22.7 Å². The lowest BCUT2D eigenvalue weighted by molar-refractivity contribution is 0.802. The second kappa shape index (κ2) is 6.04. The van der Waals surface area contributed by atoms with Gasteiger partial charge in [-0.05, 0) is 35.0 Å². The Labute approximate surface area is 121 Å². The van der Waals surface area contributed by atoms with Crippen molar-refractivity contribution in [1.29, 1.82) is 0 Å². The molecule has 0 saturated carbocycles. The molecule has 0 spiro atoms. The molecule has 3 heteroatoms. The Morgan fingerprint density at radius 2 is 1.63 bits per heavy atom. The van der Waals surface area contributed by atoms with Gasteiger partial charge in [-0.25, -0.2) is 0 Å². The molecule has 1 nitrogen and oxygen atoms in total. The van der Waals surface area contributed by atoms with Crippen LogP contribution in [-0.4, -0.2) is 0 Å². The monoisotopic (exact) mass is 285 g/mol. The number of hydrogen-bond donors (Lipinski definition) is 1. The standard InChI is InChI=1S/C16H15NS2/c1-2-6-13(7-3-1)17-15(16-9-5-11-19-16)12-14-8-4-10-18-14/h1-11,15,17H,12H2. The maximum atomic E-state index is 3.64. The maximum Gasteiger partial charge on any atom is 0.0654 e. The summed E-state index contributed by atoms with van der Waals surface area (Å²) >= 11 is 3.64. The average molecular weight is 285 g/mol. The number of para-hydroxylation sites is 1. The van der Waals surface area contributed by atoms with Gasteiger partial charge in [0.25, 0.3) is 0 Å². The van der Waals surface area contributed by atoms with Crippen LogP contribution in [0.1, 0.15) is 15.8 Å². The van der Waals surface area contributed by atoms with E-state index in [9.17, 15) is 0 Å². The van der Waals surface area contributed by atoms with Crippen LogP contribution in [-0.2, 0) is 6.42 Å². The third kappa shape index (κ3) is 3.25. The molecule has 0 fully saturated rings. The lowest BCUT2D eigenvalue weighted by Gasteiger charge is -2.18. The first-order valence-electron chi connectivity index (χ1n) is 6.29. The van der Waals surface area contributed by atoms with Crippen LogP contribution in [0.4, 0.5) is 5.69 Å². The van der Waals surface area contributed by atoms with Gasteiger partial charge in [0.15, 0.2) is 0 Å². The van der Waals surface area contributed by atoms with E-state index in [0.29, 0.717) is 6.04 Å². The van der Waals surface area contributed by atoms with Crippen molar-refractivity contribution in [3.63, 3.8) is 0 Å². The summed E-state index contributed by atoms with van der Waals surface area (Å²) < 4.78 is 0. The van der Waals surface area contributed by atoms with Crippen LogP contribution in [0.25, 0.3) is 0 Å². The van der Waals surface area contributed by atoms with E-state index in [4.69, 9.17) is 0 Å². The Morgan fingerprint density at radius 3 is 2.32 bits per heavy atom. The van der Waals surface area contributed by atoms with Gasteiger partial charge in [0.2, 0.25) is 0 Å². The zero-order valence-electron chi connectivity index (χ0n) is 10.5. The van der Waals surface area contributed by atoms with Gasteiger partial charge in [0.05, 0.1) is 6.04 Å². The molecular weight excluding hydrogens is 270 g/mol. The molecule has 19 heavy (non-hydrogen) atoms. The van der Waals surface area contributed by atoms with E-state index in [0.717, 1.165) is 6.42 Å². The molecule has 0 radical (unpaired) electrons. The third-order valence-corrected chi connectivity index (χ3v) is 4.87. The van der Waals surface area contributed by atoms with Gasteiger partial charge in [0, 0.05) is 21.9 Å². The first kappa shape index (κ1) is 12.5. The van der Waals surface area contributed by atoms with Gasteiger partial charge in [-0.3, -0.25) is 0 Å². The molecule has 2 aromatic heterocycles. The molecule has 3 rings (SSSR count). The Morgan fingerprint density at radius 1 is 0.842 bits per heavy atom. The lowest BCUT2D eigenvalue weighted by Crippen LogP contribution is -2.11. The molecule has 0 aliphatic heterocycles. The summed E-state index contributed by atoms with van der Waals surface area (Å²) in [7, 11) is 0. The van der Waals surface area contributed by atoms with Crippen LogP contribution in [0.3, 0.4) is 0 Å².